The van der Waals surface area contributed by atoms with Crippen molar-refractivity contribution < 1.29 is 14.3 Å². The van der Waals surface area contributed by atoms with Gasteiger partial charge in [0.25, 0.3) is 5.91 Å². The van der Waals surface area contributed by atoms with Crippen LogP contribution in [0.4, 0.5) is 0 Å². The number of amides is 1. The van der Waals surface area contributed by atoms with Crippen LogP contribution in [0.5, 0.6) is 0 Å². The Bertz CT molecular complexity index is 1110. The Morgan fingerprint density at radius 1 is 1.03 bits per heavy atom. The number of ether oxygens (including phenoxy) is 1. The van der Waals surface area contributed by atoms with Crippen molar-refractivity contribution in [2.45, 2.75) is 33.6 Å². The topological polar surface area (TPSA) is 64.4 Å². The van der Waals surface area contributed by atoms with E-state index >= 15 is 0 Å². The van der Waals surface area contributed by atoms with Crippen LogP contribution in [0, 0.1) is 19.8 Å². The van der Waals surface area contributed by atoms with E-state index in [-0.39, 0.29) is 17.8 Å². The van der Waals surface area contributed by atoms with Gasteiger partial charge in [0.2, 0.25) is 0 Å². The highest BCUT2D eigenvalue weighted by Crippen LogP contribution is 2.26. The molecule has 0 bridgehead atoms. The van der Waals surface area contributed by atoms with Crippen LogP contribution in [-0.4, -0.2) is 46.3 Å². The maximum atomic E-state index is 13.6. The average Bonchev–Trinajstić information content (AvgIpc) is 3.26. The van der Waals surface area contributed by atoms with E-state index < -0.39 is 0 Å². The van der Waals surface area contributed by atoms with Crippen LogP contribution < -0.4 is 0 Å². The van der Waals surface area contributed by atoms with Crippen molar-refractivity contribution in [3.05, 3.63) is 71.4 Å². The lowest BCUT2D eigenvalue weighted by Gasteiger charge is -2.31. The van der Waals surface area contributed by atoms with Gasteiger partial charge in [0.1, 0.15) is 5.69 Å². The number of benzene rings is 2. The van der Waals surface area contributed by atoms with Crippen molar-refractivity contribution in [1.29, 1.82) is 0 Å². The summed E-state index contributed by atoms with van der Waals surface area (Å²) in [6.45, 7) is 7.32. The van der Waals surface area contributed by atoms with Gasteiger partial charge in [-0.3, -0.25) is 9.59 Å². The Labute approximate surface area is 188 Å². The van der Waals surface area contributed by atoms with Crippen molar-refractivity contribution >= 4 is 11.9 Å². The summed E-state index contributed by atoms with van der Waals surface area (Å²) in [7, 11) is 0. The number of aromatic nitrogens is 2. The molecular weight excluding hydrogens is 402 g/mol. The molecule has 2 aromatic carbocycles. The van der Waals surface area contributed by atoms with E-state index in [0.29, 0.717) is 38.2 Å². The zero-order chi connectivity index (χ0) is 22.7. The summed E-state index contributed by atoms with van der Waals surface area (Å²) in [6, 6.07) is 17.9. The molecule has 32 heavy (non-hydrogen) atoms. The molecule has 0 N–H and O–H groups in total. The Morgan fingerprint density at radius 2 is 1.75 bits per heavy atom. The Morgan fingerprint density at radius 3 is 2.44 bits per heavy atom. The minimum Gasteiger partial charge on any atom is -0.466 e. The lowest BCUT2D eigenvalue weighted by Crippen LogP contribution is -2.41. The lowest BCUT2D eigenvalue weighted by atomic mass is 9.97. The number of rotatable bonds is 5. The molecule has 1 aliphatic rings. The van der Waals surface area contributed by atoms with E-state index in [2.05, 4.69) is 12.1 Å². The van der Waals surface area contributed by atoms with Gasteiger partial charge in [0.15, 0.2) is 0 Å². The van der Waals surface area contributed by atoms with Crippen LogP contribution in [0.15, 0.2) is 54.6 Å². The zero-order valence-corrected chi connectivity index (χ0v) is 18.9. The number of piperidine rings is 1. The van der Waals surface area contributed by atoms with Gasteiger partial charge in [-0.05, 0) is 56.9 Å². The van der Waals surface area contributed by atoms with Crippen molar-refractivity contribution in [1.82, 2.24) is 14.7 Å². The van der Waals surface area contributed by atoms with Crippen molar-refractivity contribution in [2.75, 3.05) is 19.7 Å². The van der Waals surface area contributed by atoms with E-state index in [1.54, 1.807) is 4.68 Å². The predicted molar refractivity (Wildman–Crippen MR) is 124 cm³/mol. The molecule has 1 aliphatic heterocycles. The lowest BCUT2D eigenvalue weighted by molar-refractivity contribution is -0.149. The molecule has 0 spiro atoms. The highest BCUT2D eigenvalue weighted by atomic mass is 16.5. The number of esters is 1. The summed E-state index contributed by atoms with van der Waals surface area (Å²) in [5.41, 5.74) is 5.32. The number of aryl methyl sites for hydroxylation is 2. The van der Waals surface area contributed by atoms with Gasteiger partial charge < -0.3 is 9.64 Å². The number of hydrogen-bond acceptors (Lipinski definition) is 4. The second kappa shape index (κ2) is 9.39. The molecule has 0 radical (unpaired) electrons. The average molecular weight is 432 g/mol. The number of nitrogens with zero attached hydrogens (tertiary/aromatic N) is 3. The summed E-state index contributed by atoms with van der Waals surface area (Å²) < 4.78 is 6.93. The molecule has 4 rings (SSSR count). The zero-order valence-electron chi connectivity index (χ0n) is 18.9. The van der Waals surface area contributed by atoms with Crippen LogP contribution in [-0.2, 0) is 9.53 Å². The fraction of sp³-hybridized carbons (Fsp3) is 0.346. The predicted octanol–water partition coefficient (Wildman–Crippen LogP) is 4.57. The molecule has 6 nitrogen and oxygen atoms in total. The van der Waals surface area contributed by atoms with Crippen molar-refractivity contribution in [3.63, 3.8) is 0 Å². The molecular formula is C26H29N3O3. The molecule has 0 saturated carbocycles. The van der Waals surface area contributed by atoms with Gasteiger partial charge >= 0.3 is 5.97 Å². The smallest absolute Gasteiger partial charge is 0.309 e. The fourth-order valence-corrected chi connectivity index (χ4v) is 4.16. The molecule has 0 unspecified atom stereocenters. The monoisotopic (exact) mass is 431 g/mol. The molecule has 6 heteroatoms. The van der Waals surface area contributed by atoms with E-state index in [9.17, 15) is 9.59 Å². The first kappa shape index (κ1) is 21.8. The van der Waals surface area contributed by atoms with E-state index in [4.69, 9.17) is 9.84 Å². The molecule has 0 atom stereocenters. The normalized spacial score (nSPS) is 14.4. The molecule has 1 fully saturated rings. The Hall–Kier alpha value is -3.41. The number of carbonyl (C=O) groups excluding carboxylic acids is 2. The van der Waals surface area contributed by atoms with Crippen LogP contribution in [0.2, 0.25) is 0 Å². The van der Waals surface area contributed by atoms with Crippen LogP contribution >= 0.6 is 0 Å². The summed E-state index contributed by atoms with van der Waals surface area (Å²) in [4.78, 5) is 27.5. The first-order chi connectivity index (χ1) is 15.5. The highest BCUT2D eigenvalue weighted by molar-refractivity contribution is 5.94. The highest BCUT2D eigenvalue weighted by Gasteiger charge is 2.30. The summed E-state index contributed by atoms with van der Waals surface area (Å²) in [5.74, 6) is -0.364. The number of hydrogen-bond donors (Lipinski definition) is 0. The molecule has 1 amide bonds. The third kappa shape index (κ3) is 4.44. The second-order valence-electron chi connectivity index (χ2n) is 8.30. The maximum Gasteiger partial charge on any atom is 0.309 e. The van der Waals surface area contributed by atoms with Gasteiger partial charge in [-0.25, -0.2) is 4.68 Å². The van der Waals surface area contributed by atoms with Gasteiger partial charge in [-0.2, -0.15) is 5.10 Å². The first-order valence-corrected chi connectivity index (χ1v) is 11.2. The minimum absolute atomic E-state index is 0.0668. The number of likely N-dealkylation sites (tertiary alicyclic amines) is 1. The van der Waals surface area contributed by atoms with Gasteiger partial charge in [-0.15, -0.1) is 0 Å². The molecule has 166 valence electrons. The van der Waals surface area contributed by atoms with E-state index in [1.165, 1.54) is 0 Å². The number of carbonyl (C=O) groups is 2. The maximum absolute atomic E-state index is 13.6. The van der Waals surface area contributed by atoms with Gasteiger partial charge in [-0.1, -0.05) is 42.5 Å². The quantitative estimate of drug-likeness (QED) is 0.555. The van der Waals surface area contributed by atoms with Crippen LogP contribution in [0.1, 0.15) is 41.4 Å². The molecule has 2 heterocycles. The van der Waals surface area contributed by atoms with Gasteiger partial charge in [0.05, 0.1) is 23.9 Å². The molecule has 0 aliphatic carbocycles. The van der Waals surface area contributed by atoms with Crippen LogP contribution in [0.25, 0.3) is 16.9 Å². The summed E-state index contributed by atoms with van der Waals surface area (Å²) >= 11 is 0. The third-order valence-electron chi connectivity index (χ3n) is 5.99. The molecule has 1 aromatic heterocycles. The largest absolute Gasteiger partial charge is 0.466 e. The Balaban J connectivity index is 1.67. The second-order valence-corrected chi connectivity index (χ2v) is 8.30. The fourth-order valence-electron chi connectivity index (χ4n) is 4.16. The van der Waals surface area contributed by atoms with E-state index in [1.807, 2.05) is 68.1 Å². The SMILES string of the molecule is CCOC(=O)C1CCN(C(=O)c2cc(-c3ccccc3)nn2-c2cc(C)ccc2C)CC1. The summed E-state index contributed by atoms with van der Waals surface area (Å²) in [6.07, 6.45) is 1.24. The minimum atomic E-state index is -0.161. The standard InChI is InChI=1S/C26H29N3O3/c1-4-32-26(31)21-12-14-28(15-13-21)25(30)24-17-22(20-8-6-5-7-9-20)27-29(24)23-16-18(2)10-11-19(23)3/h5-11,16-17,21H,4,12-15H2,1-3H3. The van der Waals surface area contributed by atoms with Crippen molar-refractivity contribution in [2.24, 2.45) is 5.92 Å². The van der Waals surface area contributed by atoms with Crippen molar-refractivity contribution in [3.8, 4) is 16.9 Å². The Kier molecular flexibility index (Phi) is 6.40. The first-order valence-electron chi connectivity index (χ1n) is 11.2. The molecule has 1 saturated heterocycles. The third-order valence-corrected chi connectivity index (χ3v) is 5.99. The summed E-state index contributed by atoms with van der Waals surface area (Å²) in [5, 5.41) is 4.83. The van der Waals surface area contributed by atoms with Crippen LogP contribution in [0.3, 0.4) is 0 Å². The van der Waals surface area contributed by atoms with Gasteiger partial charge in [0, 0.05) is 18.7 Å². The molecule has 3 aromatic rings. The van der Waals surface area contributed by atoms with E-state index in [0.717, 1.165) is 28.1 Å².